The van der Waals surface area contributed by atoms with Crippen LogP contribution < -0.4 is 11.1 Å². The van der Waals surface area contributed by atoms with Crippen molar-refractivity contribution in [3.05, 3.63) is 28.5 Å². The van der Waals surface area contributed by atoms with E-state index in [0.717, 1.165) is 32.5 Å². The van der Waals surface area contributed by atoms with Crippen molar-refractivity contribution in [2.75, 3.05) is 25.1 Å². The second kappa shape index (κ2) is 7.09. The summed E-state index contributed by atoms with van der Waals surface area (Å²) < 4.78 is 23.9. The van der Waals surface area contributed by atoms with E-state index in [2.05, 4.69) is 10.3 Å². The van der Waals surface area contributed by atoms with Gasteiger partial charge in [0.2, 0.25) is 0 Å². The van der Waals surface area contributed by atoms with Gasteiger partial charge in [-0.05, 0) is 26.2 Å². The van der Waals surface area contributed by atoms with Gasteiger partial charge in [-0.15, -0.1) is 0 Å². The summed E-state index contributed by atoms with van der Waals surface area (Å²) in [4.78, 5) is 13.4. The van der Waals surface area contributed by atoms with Crippen LogP contribution in [0.5, 0.6) is 0 Å². The molecule has 0 amide bonds. The van der Waals surface area contributed by atoms with Gasteiger partial charge in [-0.1, -0.05) is 0 Å². The first-order chi connectivity index (χ1) is 9.70. The zero-order chi connectivity index (χ0) is 14.4. The Morgan fingerprint density at radius 2 is 2.20 bits per heavy atom. The minimum absolute atomic E-state index is 0.352. The van der Waals surface area contributed by atoms with Gasteiger partial charge >= 0.3 is 5.76 Å². The summed E-state index contributed by atoms with van der Waals surface area (Å²) in [6, 6.07) is 2.76. The fourth-order valence-electron chi connectivity index (χ4n) is 1.98. The highest BCUT2D eigenvalue weighted by molar-refractivity contribution is 5.77. The molecule has 0 bridgehead atoms. The average Bonchev–Trinajstić information content (AvgIpc) is 2.77. The smallest absolute Gasteiger partial charge is 0.408 e. The maximum atomic E-state index is 13.8. The van der Waals surface area contributed by atoms with Crippen LogP contribution in [0.25, 0.3) is 11.1 Å². The van der Waals surface area contributed by atoms with Gasteiger partial charge in [-0.25, -0.2) is 9.18 Å². The van der Waals surface area contributed by atoms with Crippen molar-refractivity contribution in [3.63, 3.8) is 0 Å². The molecule has 2 N–H and O–H groups in total. The van der Waals surface area contributed by atoms with Crippen molar-refractivity contribution >= 4 is 16.8 Å². The predicted octanol–water partition coefficient (Wildman–Crippen LogP) is 2.88. The number of hydrogen-bond acceptors (Lipinski definition) is 4. The Morgan fingerprint density at radius 1 is 1.35 bits per heavy atom. The third kappa shape index (κ3) is 3.84. The molecule has 1 aromatic carbocycles. The van der Waals surface area contributed by atoms with Gasteiger partial charge in [0.15, 0.2) is 5.58 Å². The SMILES string of the molecule is CCOCCCCCNc1cc2oc(=O)[nH]c2cc1F. The van der Waals surface area contributed by atoms with E-state index in [0.29, 0.717) is 23.3 Å². The van der Waals surface area contributed by atoms with Crippen LogP contribution in [0.1, 0.15) is 26.2 Å². The number of anilines is 1. The Labute approximate surface area is 116 Å². The molecule has 0 saturated heterocycles. The van der Waals surface area contributed by atoms with Crippen molar-refractivity contribution in [2.45, 2.75) is 26.2 Å². The maximum Gasteiger partial charge on any atom is 0.417 e. The summed E-state index contributed by atoms with van der Waals surface area (Å²) in [6.45, 7) is 4.15. The number of unbranched alkanes of at least 4 members (excludes halogenated alkanes) is 2. The van der Waals surface area contributed by atoms with Crippen LogP contribution in [0.2, 0.25) is 0 Å². The van der Waals surface area contributed by atoms with E-state index in [9.17, 15) is 9.18 Å². The van der Waals surface area contributed by atoms with Crippen molar-refractivity contribution < 1.29 is 13.5 Å². The minimum Gasteiger partial charge on any atom is -0.408 e. The zero-order valence-electron chi connectivity index (χ0n) is 11.5. The van der Waals surface area contributed by atoms with Gasteiger partial charge in [0, 0.05) is 31.9 Å². The highest BCUT2D eigenvalue weighted by atomic mass is 19.1. The first-order valence-electron chi connectivity index (χ1n) is 6.84. The number of aromatic nitrogens is 1. The maximum absolute atomic E-state index is 13.8. The third-order valence-electron chi connectivity index (χ3n) is 2.99. The molecule has 0 aliphatic heterocycles. The van der Waals surface area contributed by atoms with E-state index >= 15 is 0 Å². The number of nitrogens with one attached hydrogen (secondary N) is 2. The van der Waals surface area contributed by atoms with Gasteiger partial charge in [0.25, 0.3) is 0 Å². The zero-order valence-corrected chi connectivity index (χ0v) is 11.5. The van der Waals surface area contributed by atoms with Crippen LogP contribution in [0.15, 0.2) is 21.3 Å². The molecule has 5 nitrogen and oxygen atoms in total. The highest BCUT2D eigenvalue weighted by Gasteiger charge is 2.08. The van der Waals surface area contributed by atoms with E-state index in [1.165, 1.54) is 12.1 Å². The third-order valence-corrected chi connectivity index (χ3v) is 2.99. The monoisotopic (exact) mass is 282 g/mol. The van der Waals surface area contributed by atoms with E-state index in [1.54, 1.807) is 0 Å². The van der Waals surface area contributed by atoms with E-state index in [4.69, 9.17) is 9.15 Å². The van der Waals surface area contributed by atoms with Crippen molar-refractivity contribution in [3.8, 4) is 0 Å². The Bertz CT molecular complexity index is 606. The van der Waals surface area contributed by atoms with E-state index in [1.807, 2.05) is 6.92 Å². The second-order valence-electron chi connectivity index (χ2n) is 4.53. The molecule has 1 aromatic heterocycles. The molecule has 20 heavy (non-hydrogen) atoms. The Kier molecular flexibility index (Phi) is 5.17. The fourth-order valence-corrected chi connectivity index (χ4v) is 1.98. The number of ether oxygens (including phenoxy) is 1. The average molecular weight is 282 g/mol. The van der Waals surface area contributed by atoms with Gasteiger partial charge < -0.3 is 14.5 Å². The molecule has 110 valence electrons. The highest BCUT2D eigenvalue weighted by Crippen LogP contribution is 2.20. The van der Waals surface area contributed by atoms with Crippen LogP contribution >= 0.6 is 0 Å². The summed E-state index contributed by atoms with van der Waals surface area (Å²) in [5.41, 5.74) is 1.08. The van der Waals surface area contributed by atoms with Gasteiger partial charge in [0.1, 0.15) is 5.82 Å². The molecule has 0 radical (unpaired) electrons. The number of fused-ring (bicyclic) bond motifs is 1. The molecular weight excluding hydrogens is 263 g/mol. The minimum atomic E-state index is -0.576. The molecule has 0 aliphatic rings. The normalized spacial score (nSPS) is 11.1. The van der Waals surface area contributed by atoms with Crippen LogP contribution in [-0.2, 0) is 4.74 Å². The van der Waals surface area contributed by atoms with Crippen LogP contribution in [0.3, 0.4) is 0 Å². The molecule has 1 heterocycles. The molecule has 0 fully saturated rings. The Hall–Kier alpha value is -1.82. The van der Waals surface area contributed by atoms with Crippen LogP contribution in [0, 0.1) is 5.82 Å². The van der Waals surface area contributed by atoms with E-state index in [-0.39, 0.29) is 0 Å². The predicted molar refractivity (Wildman–Crippen MR) is 75.6 cm³/mol. The second-order valence-corrected chi connectivity index (χ2v) is 4.53. The largest absolute Gasteiger partial charge is 0.417 e. The van der Waals surface area contributed by atoms with Gasteiger partial charge in [0.05, 0.1) is 11.2 Å². The Morgan fingerprint density at radius 3 is 3.00 bits per heavy atom. The number of oxazole rings is 1. The summed E-state index contributed by atoms with van der Waals surface area (Å²) >= 11 is 0. The number of benzene rings is 1. The standard InChI is InChI=1S/C14H19FN2O3/c1-2-19-7-5-3-4-6-16-11-9-13-12(8-10(11)15)17-14(18)20-13/h8-9,16H,2-7H2,1H3,(H,17,18). The topological polar surface area (TPSA) is 67.3 Å². The molecule has 2 rings (SSSR count). The molecule has 0 aliphatic carbocycles. The lowest BCUT2D eigenvalue weighted by atomic mass is 10.2. The van der Waals surface area contributed by atoms with Crippen molar-refractivity contribution in [1.82, 2.24) is 4.98 Å². The molecule has 0 atom stereocenters. The number of H-pyrrole nitrogens is 1. The number of halogens is 1. The number of rotatable bonds is 8. The van der Waals surface area contributed by atoms with Crippen molar-refractivity contribution in [2.24, 2.45) is 0 Å². The van der Waals surface area contributed by atoms with Crippen molar-refractivity contribution in [1.29, 1.82) is 0 Å². The lowest BCUT2D eigenvalue weighted by Gasteiger charge is -2.07. The molecule has 6 heteroatoms. The summed E-state index contributed by atoms with van der Waals surface area (Å²) in [7, 11) is 0. The van der Waals surface area contributed by atoms with Crippen LogP contribution in [-0.4, -0.2) is 24.7 Å². The van der Waals surface area contributed by atoms with Gasteiger partial charge in [-0.3, -0.25) is 4.98 Å². The summed E-state index contributed by atoms with van der Waals surface area (Å²) in [5.74, 6) is -0.976. The molecular formula is C14H19FN2O3. The number of aromatic amines is 1. The Balaban J connectivity index is 1.83. The van der Waals surface area contributed by atoms with Gasteiger partial charge in [-0.2, -0.15) is 0 Å². The van der Waals surface area contributed by atoms with Crippen LogP contribution in [0.4, 0.5) is 10.1 Å². The van der Waals surface area contributed by atoms with E-state index < -0.39 is 11.6 Å². The quantitative estimate of drug-likeness (QED) is 0.731. The molecule has 0 spiro atoms. The summed E-state index contributed by atoms with van der Waals surface area (Å²) in [6.07, 6.45) is 2.96. The first-order valence-corrected chi connectivity index (χ1v) is 6.84. The molecule has 0 unspecified atom stereocenters. The summed E-state index contributed by atoms with van der Waals surface area (Å²) in [5, 5.41) is 3.01. The number of hydrogen-bond donors (Lipinski definition) is 2. The molecule has 2 aromatic rings. The molecule has 0 saturated carbocycles. The lowest BCUT2D eigenvalue weighted by Crippen LogP contribution is -2.04. The first kappa shape index (κ1) is 14.6. The lowest BCUT2D eigenvalue weighted by molar-refractivity contribution is 0.143. The fraction of sp³-hybridized carbons (Fsp3) is 0.500.